The van der Waals surface area contributed by atoms with Crippen LogP contribution in [0.4, 0.5) is 0 Å². The summed E-state index contributed by atoms with van der Waals surface area (Å²) in [5, 5.41) is 0. The first kappa shape index (κ1) is 12.2. The zero-order valence-electron chi connectivity index (χ0n) is 10.3. The smallest absolute Gasteiger partial charge is 0.161 e. The number of fused-ring (bicyclic) bond motifs is 1. The minimum Gasteiger partial charge on any atom is -0.486 e. The molecule has 0 aromatic heterocycles. The molecule has 2 N–H and O–H groups in total. The molecule has 1 aromatic carbocycles. The van der Waals surface area contributed by atoms with Gasteiger partial charge in [0.2, 0.25) is 0 Å². The zero-order valence-corrected chi connectivity index (χ0v) is 10.3. The Kier molecular flexibility index (Phi) is 3.86. The molecule has 2 rings (SSSR count). The third-order valence-corrected chi connectivity index (χ3v) is 2.98. The molecule has 1 aromatic rings. The molecule has 4 nitrogen and oxygen atoms in total. The summed E-state index contributed by atoms with van der Waals surface area (Å²) >= 11 is 0. The summed E-state index contributed by atoms with van der Waals surface area (Å²) in [6.07, 6.45) is 0.939. The van der Waals surface area contributed by atoms with E-state index in [0.717, 1.165) is 23.5 Å². The number of ether oxygens (including phenoxy) is 3. The van der Waals surface area contributed by atoms with Gasteiger partial charge in [0.05, 0.1) is 6.10 Å². The fourth-order valence-corrected chi connectivity index (χ4v) is 1.88. The number of benzene rings is 1. The first-order valence-corrected chi connectivity index (χ1v) is 5.88. The van der Waals surface area contributed by atoms with E-state index >= 15 is 0 Å². The molecule has 1 aliphatic heterocycles. The molecule has 17 heavy (non-hydrogen) atoms. The van der Waals surface area contributed by atoms with Crippen LogP contribution in [0.5, 0.6) is 11.5 Å². The summed E-state index contributed by atoms with van der Waals surface area (Å²) in [5.74, 6) is 1.58. The van der Waals surface area contributed by atoms with Crippen LogP contribution in [0.15, 0.2) is 18.2 Å². The molecule has 1 aliphatic rings. The van der Waals surface area contributed by atoms with E-state index in [0.29, 0.717) is 13.2 Å². The van der Waals surface area contributed by atoms with Gasteiger partial charge in [0, 0.05) is 13.2 Å². The van der Waals surface area contributed by atoms with E-state index in [2.05, 4.69) is 0 Å². The van der Waals surface area contributed by atoms with Gasteiger partial charge in [0.1, 0.15) is 13.2 Å². The topological polar surface area (TPSA) is 53.7 Å². The van der Waals surface area contributed by atoms with E-state index in [1.807, 2.05) is 25.1 Å². The van der Waals surface area contributed by atoms with Gasteiger partial charge in [-0.05, 0) is 31.0 Å². The standard InChI is InChI=1S/C13H19NO3/c1-9(15-2)7-11(14)10-3-4-12-13(8-10)17-6-5-16-12/h3-4,8-9,11H,5-7,14H2,1-2H3. The number of hydrogen-bond donors (Lipinski definition) is 1. The first-order chi connectivity index (χ1) is 8.20. The van der Waals surface area contributed by atoms with Gasteiger partial charge in [-0.3, -0.25) is 0 Å². The van der Waals surface area contributed by atoms with E-state index in [1.165, 1.54) is 0 Å². The molecular weight excluding hydrogens is 218 g/mol. The third kappa shape index (κ3) is 2.90. The summed E-state index contributed by atoms with van der Waals surface area (Å²) in [5.41, 5.74) is 7.18. The van der Waals surface area contributed by atoms with Gasteiger partial charge in [-0.2, -0.15) is 0 Å². The lowest BCUT2D eigenvalue weighted by Gasteiger charge is -2.21. The van der Waals surface area contributed by atoms with Crippen LogP contribution in [0.1, 0.15) is 24.9 Å². The maximum atomic E-state index is 6.13. The minimum absolute atomic E-state index is 0.0409. The van der Waals surface area contributed by atoms with E-state index in [-0.39, 0.29) is 12.1 Å². The Labute approximate surface area is 102 Å². The number of nitrogens with two attached hydrogens (primary N) is 1. The molecule has 1 heterocycles. The Morgan fingerprint density at radius 1 is 1.29 bits per heavy atom. The molecule has 0 radical (unpaired) electrons. The van der Waals surface area contributed by atoms with Gasteiger partial charge in [-0.1, -0.05) is 6.07 Å². The maximum absolute atomic E-state index is 6.13. The third-order valence-electron chi connectivity index (χ3n) is 2.98. The van der Waals surface area contributed by atoms with E-state index in [4.69, 9.17) is 19.9 Å². The summed E-state index contributed by atoms with van der Waals surface area (Å²) < 4.78 is 16.2. The lowest BCUT2D eigenvalue weighted by Crippen LogP contribution is -2.19. The first-order valence-electron chi connectivity index (χ1n) is 5.88. The van der Waals surface area contributed by atoms with Crippen LogP contribution in [0.3, 0.4) is 0 Å². The zero-order chi connectivity index (χ0) is 12.3. The Hall–Kier alpha value is -1.26. The van der Waals surface area contributed by atoms with Crippen LogP contribution in [0.2, 0.25) is 0 Å². The Balaban J connectivity index is 2.10. The van der Waals surface area contributed by atoms with E-state index in [1.54, 1.807) is 7.11 Å². The van der Waals surface area contributed by atoms with Crippen molar-refractivity contribution in [1.29, 1.82) is 0 Å². The molecule has 0 aliphatic carbocycles. The van der Waals surface area contributed by atoms with Crippen LogP contribution in [0, 0.1) is 0 Å². The van der Waals surface area contributed by atoms with Crippen molar-refractivity contribution >= 4 is 0 Å². The van der Waals surface area contributed by atoms with Crippen LogP contribution in [0.25, 0.3) is 0 Å². The maximum Gasteiger partial charge on any atom is 0.161 e. The Bertz CT molecular complexity index is 381. The summed E-state index contributed by atoms with van der Waals surface area (Å²) in [6, 6.07) is 5.82. The van der Waals surface area contributed by atoms with Crippen LogP contribution < -0.4 is 15.2 Å². The van der Waals surface area contributed by atoms with Gasteiger partial charge in [-0.25, -0.2) is 0 Å². The van der Waals surface area contributed by atoms with Crippen LogP contribution in [-0.2, 0) is 4.74 Å². The van der Waals surface area contributed by atoms with E-state index in [9.17, 15) is 0 Å². The van der Waals surface area contributed by atoms with Crippen molar-refractivity contribution in [3.63, 3.8) is 0 Å². The molecule has 2 atom stereocenters. The molecule has 0 saturated heterocycles. The summed E-state index contributed by atoms with van der Waals surface area (Å²) in [4.78, 5) is 0. The van der Waals surface area contributed by atoms with Crippen LogP contribution >= 0.6 is 0 Å². The molecule has 0 amide bonds. The Morgan fingerprint density at radius 3 is 2.71 bits per heavy atom. The summed E-state index contributed by atoms with van der Waals surface area (Å²) in [6.45, 7) is 3.22. The number of rotatable bonds is 4. The van der Waals surface area contributed by atoms with Crippen LogP contribution in [-0.4, -0.2) is 26.4 Å². The highest BCUT2D eigenvalue weighted by molar-refractivity contribution is 5.44. The largest absolute Gasteiger partial charge is 0.486 e. The predicted octanol–water partition coefficient (Wildman–Crippen LogP) is 1.88. The second kappa shape index (κ2) is 5.38. The molecule has 0 saturated carbocycles. The van der Waals surface area contributed by atoms with Gasteiger partial charge in [-0.15, -0.1) is 0 Å². The molecule has 0 bridgehead atoms. The van der Waals surface area contributed by atoms with Gasteiger partial charge in [0.25, 0.3) is 0 Å². The fourth-order valence-electron chi connectivity index (χ4n) is 1.88. The monoisotopic (exact) mass is 237 g/mol. The van der Waals surface area contributed by atoms with Crippen molar-refractivity contribution in [2.45, 2.75) is 25.5 Å². The predicted molar refractivity (Wildman–Crippen MR) is 65.4 cm³/mol. The average molecular weight is 237 g/mol. The van der Waals surface area contributed by atoms with Crippen molar-refractivity contribution in [2.24, 2.45) is 5.73 Å². The lowest BCUT2D eigenvalue weighted by atomic mass is 10.0. The average Bonchev–Trinajstić information content (AvgIpc) is 2.38. The Morgan fingerprint density at radius 2 is 2.00 bits per heavy atom. The minimum atomic E-state index is -0.0409. The number of hydrogen-bond acceptors (Lipinski definition) is 4. The van der Waals surface area contributed by atoms with Crippen molar-refractivity contribution in [3.8, 4) is 11.5 Å². The van der Waals surface area contributed by atoms with Gasteiger partial charge < -0.3 is 19.9 Å². The second-order valence-electron chi connectivity index (χ2n) is 4.29. The highest BCUT2D eigenvalue weighted by Gasteiger charge is 2.16. The van der Waals surface area contributed by atoms with Crippen molar-refractivity contribution in [1.82, 2.24) is 0 Å². The normalized spacial score (nSPS) is 17.6. The quantitative estimate of drug-likeness (QED) is 0.868. The molecular formula is C13H19NO3. The van der Waals surface area contributed by atoms with E-state index < -0.39 is 0 Å². The van der Waals surface area contributed by atoms with Gasteiger partial charge in [0.15, 0.2) is 11.5 Å². The molecule has 2 unspecified atom stereocenters. The van der Waals surface area contributed by atoms with Gasteiger partial charge >= 0.3 is 0 Å². The van der Waals surface area contributed by atoms with Crippen molar-refractivity contribution in [3.05, 3.63) is 23.8 Å². The molecule has 0 fully saturated rings. The highest BCUT2D eigenvalue weighted by atomic mass is 16.6. The fraction of sp³-hybridized carbons (Fsp3) is 0.538. The molecule has 94 valence electrons. The number of methoxy groups -OCH3 is 1. The van der Waals surface area contributed by atoms with Crippen molar-refractivity contribution in [2.75, 3.05) is 20.3 Å². The second-order valence-corrected chi connectivity index (χ2v) is 4.29. The lowest BCUT2D eigenvalue weighted by molar-refractivity contribution is 0.104. The molecule has 0 spiro atoms. The SMILES string of the molecule is COC(C)CC(N)c1ccc2c(c1)OCCO2. The highest BCUT2D eigenvalue weighted by Crippen LogP contribution is 2.33. The summed E-state index contributed by atoms with van der Waals surface area (Å²) in [7, 11) is 1.70. The van der Waals surface area contributed by atoms with Crippen molar-refractivity contribution < 1.29 is 14.2 Å². The molecule has 4 heteroatoms.